The third-order valence-electron chi connectivity index (χ3n) is 5.63. The zero-order valence-corrected chi connectivity index (χ0v) is 18.6. The summed E-state index contributed by atoms with van der Waals surface area (Å²) in [6.07, 6.45) is 5.69. The van der Waals surface area contributed by atoms with E-state index < -0.39 is 0 Å². The highest BCUT2D eigenvalue weighted by Crippen LogP contribution is 2.23. The van der Waals surface area contributed by atoms with E-state index >= 15 is 0 Å². The molecule has 3 rings (SSSR count). The standard InChI is InChI=1S/C20H31N5O2.2ClH/c1-15-6-11-24(12-7-15)18-5-4-16(13-23-18)20(27)25-10-2-3-17(14-25)19(26)22-9-8-21;;/h4-5,13,15,17H,2-3,6-12,14,21H2,1H3,(H,22,26);2*1H. The summed E-state index contributed by atoms with van der Waals surface area (Å²) in [5.41, 5.74) is 6.03. The Morgan fingerprint density at radius 3 is 2.52 bits per heavy atom. The van der Waals surface area contributed by atoms with Crippen LogP contribution in [0.2, 0.25) is 0 Å². The van der Waals surface area contributed by atoms with Crippen LogP contribution in [0.25, 0.3) is 0 Å². The van der Waals surface area contributed by atoms with Crippen LogP contribution in [0.5, 0.6) is 0 Å². The number of nitrogens with zero attached hydrogens (tertiary/aromatic N) is 3. The Hall–Kier alpha value is -1.57. The monoisotopic (exact) mass is 445 g/mol. The zero-order chi connectivity index (χ0) is 19.2. The number of nitrogens with two attached hydrogens (primary N) is 1. The molecule has 1 aromatic rings. The van der Waals surface area contributed by atoms with Crippen LogP contribution in [0.4, 0.5) is 5.82 Å². The number of aromatic nitrogens is 1. The van der Waals surface area contributed by atoms with E-state index in [-0.39, 0.29) is 42.5 Å². The molecule has 0 bridgehead atoms. The summed E-state index contributed by atoms with van der Waals surface area (Å²) >= 11 is 0. The minimum absolute atomic E-state index is 0. The van der Waals surface area contributed by atoms with Crippen LogP contribution in [0.3, 0.4) is 0 Å². The summed E-state index contributed by atoms with van der Waals surface area (Å²) in [7, 11) is 0. The molecule has 0 aromatic carbocycles. The highest BCUT2D eigenvalue weighted by molar-refractivity contribution is 5.94. The van der Waals surface area contributed by atoms with Gasteiger partial charge in [-0.05, 0) is 43.7 Å². The van der Waals surface area contributed by atoms with Crippen LogP contribution in [0.15, 0.2) is 18.3 Å². The fourth-order valence-electron chi connectivity index (χ4n) is 3.84. The van der Waals surface area contributed by atoms with Gasteiger partial charge in [-0.3, -0.25) is 9.59 Å². The van der Waals surface area contributed by atoms with Crippen LogP contribution in [-0.4, -0.2) is 61.0 Å². The third-order valence-corrected chi connectivity index (χ3v) is 5.63. The number of piperidine rings is 2. The van der Waals surface area contributed by atoms with Gasteiger partial charge in [0.15, 0.2) is 0 Å². The molecule has 3 N–H and O–H groups in total. The van der Waals surface area contributed by atoms with E-state index in [1.807, 2.05) is 12.1 Å². The number of amides is 2. The van der Waals surface area contributed by atoms with E-state index in [1.165, 1.54) is 12.8 Å². The van der Waals surface area contributed by atoms with Crippen molar-refractivity contribution in [2.45, 2.75) is 32.6 Å². The molecule has 0 saturated carbocycles. The number of hydrogen-bond acceptors (Lipinski definition) is 5. The summed E-state index contributed by atoms with van der Waals surface area (Å²) in [6.45, 7) is 6.38. The highest BCUT2D eigenvalue weighted by Gasteiger charge is 2.29. The largest absolute Gasteiger partial charge is 0.357 e. The number of rotatable bonds is 5. The smallest absolute Gasteiger partial charge is 0.255 e. The first-order valence-electron chi connectivity index (χ1n) is 10.1. The molecule has 3 heterocycles. The molecule has 29 heavy (non-hydrogen) atoms. The Morgan fingerprint density at radius 2 is 1.90 bits per heavy atom. The van der Waals surface area contributed by atoms with Gasteiger partial charge in [-0.1, -0.05) is 6.92 Å². The molecule has 2 aliphatic rings. The lowest BCUT2D eigenvalue weighted by molar-refractivity contribution is -0.126. The molecule has 9 heteroatoms. The van der Waals surface area contributed by atoms with E-state index in [0.717, 1.165) is 37.7 Å². The predicted molar refractivity (Wildman–Crippen MR) is 120 cm³/mol. The lowest BCUT2D eigenvalue weighted by atomic mass is 9.96. The number of hydrogen-bond donors (Lipinski definition) is 2. The van der Waals surface area contributed by atoms with Gasteiger partial charge in [0.25, 0.3) is 5.91 Å². The second kappa shape index (κ2) is 12.2. The summed E-state index contributed by atoms with van der Waals surface area (Å²) in [5.74, 6) is 1.51. The van der Waals surface area contributed by atoms with Crippen LogP contribution < -0.4 is 16.0 Å². The lowest BCUT2D eigenvalue weighted by Gasteiger charge is -2.32. The first kappa shape index (κ1) is 25.5. The van der Waals surface area contributed by atoms with Crippen molar-refractivity contribution in [3.63, 3.8) is 0 Å². The summed E-state index contributed by atoms with van der Waals surface area (Å²) < 4.78 is 0. The fourth-order valence-corrected chi connectivity index (χ4v) is 3.84. The van der Waals surface area contributed by atoms with Gasteiger partial charge in [-0.15, -0.1) is 24.8 Å². The molecular weight excluding hydrogens is 413 g/mol. The maximum atomic E-state index is 12.8. The second-order valence-electron chi connectivity index (χ2n) is 7.74. The maximum absolute atomic E-state index is 12.8. The summed E-state index contributed by atoms with van der Waals surface area (Å²) in [6, 6.07) is 3.80. The van der Waals surface area contributed by atoms with Crippen LogP contribution in [-0.2, 0) is 4.79 Å². The van der Waals surface area contributed by atoms with E-state index in [9.17, 15) is 9.59 Å². The van der Waals surface area contributed by atoms with Crippen molar-refractivity contribution in [1.82, 2.24) is 15.2 Å². The number of anilines is 1. The molecule has 2 aliphatic heterocycles. The molecule has 2 amide bonds. The fraction of sp³-hybridized carbons (Fsp3) is 0.650. The maximum Gasteiger partial charge on any atom is 0.255 e. The Labute approximate surface area is 185 Å². The second-order valence-corrected chi connectivity index (χ2v) is 7.74. The molecule has 1 aromatic heterocycles. The highest BCUT2D eigenvalue weighted by atomic mass is 35.5. The Morgan fingerprint density at radius 1 is 1.17 bits per heavy atom. The lowest BCUT2D eigenvalue weighted by Crippen LogP contribution is -2.46. The number of carbonyl (C=O) groups is 2. The molecule has 1 unspecified atom stereocenters. The van der Waals surface area contributed by atoms with Crippen molar-refractivity contribution in [3.8, 4) is 0 Å². The number of likely N-dealkylation sites (tertiary alicyclic amines) is 1. The molecule has 164 valence electrons. The summed E-state index contributed by atoms with van der Waals surface area (Å²) in [5, 5.41) is 2.83. The van der Waals surface area contributed by atoms with E-state index in [4.69, 9.17) is 5.73 Å². The quantitative estimate of drug-likeness (QED) is 0.723. The Balaban J connectivity index is 0.00000210. The summed E-state index contributed by atoms with van der Waals surface area (Å²) in [4.78, 5) is 33.6. The Bertz CT molecular complexity index is 651. The SMILES string of the molecule is CC1CCN(c2ccc(C(=O)N3CCCC(C(=O)NCCN)C3)cn2)CC1.Cl.Cl. The normalized spacial score (nSPS) is 19.7. The molecule has 0 spiro atoms. The number of halogens is 2. The van der Waals surface area contributed by atoms with Crippen molar-refractivity contribution >= 4 is 42.4 Å². The van der Waals surface area contributed by atoms with Crippen LogP contribution in [0.1, 0.15) is 43.0 Å². The average Bonchev–Trinajstić information content (AvgIpc) is 2.72. The minimum Gasteiger partial charge on any atom is -0.357 e. The molecule has 0 aliphatic carbocycles. The van der Waals surface area contributed by atoms with Gasteiger partial charge in [-0.25, -0.2) is 4.98 Å². The van der Waals surface area contributed by atoms with Gasteiger partial charge in [0.2, 0.25) is 5.91 Å². The van der Waals surface area contributed by atoms with Gasteiger partial charge in [-0.2, -0.15) is 0 Å². The number of nitrogens with one attached hydrogen (secondary N) is 1. The molecule has 2 saturated heterocycles. The molecule has 1 atom stereocenters. The minimum atomic E-state index is -0.156. The van der Waals surface area contributed by atoms with E-state index in [2.05, 4.69) is 22.1 Å². The van der Waals surface area contributed by atoms with E-state index in [1.54, 1.807) is 11.1 Å². The van der Waals surface area contributed by atoms with Gasteiger partial charge in [0.1, 0.15) is 5.82 Å². The molecule has 2 fully saturated rings. The Kier molecular flexibility index (Phi) is 10.7. The number of carbonyl (C=O) groups excluding carboxylic acids is 2. The van der Waals surface area contributed by atoms with Crippen molar-refractivity contribution in [1.29, 1.82) is 0 Å². The topological polar surface area (TPSA) is 91.6 Å². The van der Waals surface area contributed by atoms with Crippen molar-refractivity contribution in [2.24, 2.45) is 17.6 Å². The zero-order valence-electron chi connectivity index (χ0n) is 17.0. The molecular formula is C20H33Cl2N5O2. The van der Waals surface area contributed by atoms with Gasteiger partial charge in [0.05, 0.1) is 11.5 Å². The average molecular weight is 446 g/mol. The number of pyridine rings is 1. The van der Waals surface area contributed by atoms with Gasteiger partial charge in [0, 0.05) is 45.5 Å². The van der Waals surface area contributed by atoms with Crippen LogP contribution >= 0.6 is 24.8 Å². The van der Waals surface area contributed by atoms with Crippen LogP contribution in [0, 0.1) is 11.8 Å². The van der Waals surface area contributed by atoms with Gasteiger partial charge < -0.3 is 20.9 Å². The molecule has 7 nitrogen and oxygen atoms in total. The predicted octanol–water partition coefficient (Wildman–Crippen LogP) is 2.09. The van der Waals surface area contributed by atoms with Crippen molar-refractivity contribution in [2.75, 3.05) is 44.2 Å². The first-order valence-corrected chi connectivity index (χ1v) is 10.1. The van der Waals surface area contributed by atoms with E-state index in [0.29, 0.717) is 31.7 Å². The van der Waals surface area contributed by atoms with Crippen molar-refractivity contribution in [3.05, 3.63) is 23.9 Å². The molecule has 0 radical (unpaired) electrons. The first-order chi connectivity index (χ1) is 13.1. The van der Waals surface area contributed by atoms with Crippen molar-refractivity contribution < 1.29 is 9.59 Å². The third kappa shape index (κ3) is 6.73. The van der Waals surface area contributed by atoms with Gasteiger partial charge >= 0.3 is 0 Å².